The van der Waals surface area contributed by atoms with Gasteiger partial charge in [-0.15, -0.1) is 0 Å². The zero-order valence-electron chi connectivity index (χ0n) is 10.8. The van der Waals surface area contributed by atoms with Gasteiger partial charge in [0, 0.05) is 11.5 Å². The molecule has 1 aliphatic carbocycles. The van der Waals surface area contributed by atoms with Crippen molar-refractivity contribution >= 4 is 0 Å². The number of fused-ring (bicyclic) bond motifs is 2. The molecule has 98 valence electrons. The van der Waals surface area contributed by atoms with Gasteiger partial charge in [-0.3, -0.25) is 0 Å². The molecular weight excluding hydrogens is 229 g/mol. The van der Waals surface area contributed by atoms with Crippen molar-refractivity contribution in [2.45, 2.75) is 43.2 Å². The first-order chi connectivity index (χ1) is 8.65. The Morgan fingerprint density at radius 2 is 2.11 bits per heavy atom. The average Bonchev–Trinajstić information content (AvgIpc) is 2.36. The molecule has 3 heteroatoms. The first kappa shape index (κ1) is 12.1. The molecule has 1 saturated heterocycles. The molecule has 0 unspecified atom stereocenters. The molecule has 3 rings (SSSR count). The fraction of sp³-hybridized carbons (Fsp3) is 0.600. The smallest absolute Gasteiger partial charge is 0.127 e. The van der Waals surface area contributed by atoms with Crippen molar-refractivity contribution in [1.82, 2.24) is 4.90 Å². The van der Waals surface area contributed by atoms with Gasteiger partial charge in [-0.1, -0.05) is 24.6 Å². The number of likely N-dealkylation sites (tertiary alicyclic amines) is 1. The lowest BCUT2D eigenvalue weighted by molar-refractivity contribution is -0.0685. The lowest BCUT2D eigenvalue weighted by atomic mass is 9.61. The first-order valence-electron chi connectivity index (χ1n) is 6.78. The molecular formula is C15H20FNO. The van der Waals surface area contributed by atoms with Gasteiger partial charge in [0.15, 0.2) is 0 Å². The molecule has 1 heterocycles. The van der Waals surface area contributed by atoms with Crippen LogP contribution in [-0.2, 0) is 5.41 Å². The van der Waals surface area contributed by atoms with Gasteiger partial charge < -0.3 is 10.0 Å². The number of hydrogen-bond acceptors (Lipinski definition) is 2. The number of benzene rings is 1. The monoisotopic (exact) mass is 249 g/mol. The van der Waals surface area contributed by atoms with Crippen LogP contribution in [0.2, 0.25) is 0 Å². The number of piperidine rings is 1. The molecule has 2 nitrogen and oxygen atoms in total. The van der Waals surface area contributed by atoms with E-state index in [0.717, 1.165) is 37.8 Å². The number of aliphatic hydroxyl groups is 1. The third-order valence-electron chi connectivity index (χ3n) is 4.94. The van der Waals surface area contributed by atoms with Gasteiger partial charge >= 0.3 is 0 Å². The highest BCUT2D eigenvalue weighted by molar-refractivity contribution is 5.31. The highest BCUT2D eigenvalue weighted by Crippen LogP contribution is 2.47. The summed E-state index contributed by atoms with van der Waals surface area (Å²) in [5.41, 5.74) is 0.358. The molecule has 1 saturated carbocycles. The number of rotatable bonds is 1. The Balaban J connectivity index is 2.05. The van der Waals surface area contributed by atoms with Crippen LogP contribution in [0.25, 0.3) is 0 Å². The SMILES string of the molecule is CN1CC[C@@]2(c3ccccc3F)CCC[C@@H]1[C@@H]2O. The molecule has 2 bridgehead atoms. The summed E-state index contributed by atoms with van der Waals surface area (Å²) in [6.07, 6.45) is 3.40. The third-order valence-corrected chi connectivity index (χ3v) is 4.94. The molecule has 0 aromatic heterocycles. The quantitative estimate of drug-likeness (QED) is 0.825. The van der Waals surface area contributed by atoms with Crippen molar-refractivity contribution in [3.8, 4) is 0 Å². The van der Waals surface area contributed by atoms with Crippen molar-refractivity contribution in [2.24, 2.45) is 0 Å². The maximum atomic E-state index is 14.1. The molecule has 2 aliphatic rings. The second-order valence-corrected chi connectivity index (χ2v) is 5.77. The van der Waals surface area contributed by atoms with E-state index in [0.29, 0.717) is 0 Å². The van der Waals surface area contributed by atoms with E-state index in [1.165, 1.54) is 6.07 Å². The Morgan fingerprint density at radius 1 is 1.33 bits per heavy atom. The number of likely N-dealkylation sites (N-methyl/N-ethyl adjacent to an activating group) is 1. The minimum absolute atomic E-state index is 0.165. The minimum atomic E-state index is -0.443. The van der Waals surface area contributed by atoms with E-state index in [4.69, 9.17) is 0 Å². The van der Waals surface area contributed by atoms with Gasteiger partial charge in [-0.2, -0.15) is 0 Å². The predicted octanol–water partition coefficient (Wildman–Crippen LogP) is 2.31. The summed E-state index contributed by atoms with van der Waals surface area (Å²) in [7, 11) is 2.06. The van der Waals surface area contributed by atoms with Crippen LogP contribution in [0, 0.1) is 5.82 Å². The normalized spacial score (nSPS) is 36.6. The Bertz CT molecular complexity index is 450. The Kier molecular flexibility index (Phi) is 2.91. The summed E-state index contributed by atoms with van der Waals surface area (Å²) in [6.45, 7) is 0.941. The van der Waals surface area contributed by atoms with Crippen LogP contribution in [0.15, 0.2) is 24.3 Å². The number of halogens is 1. The van der Waals surface area contributed by atoms with Crippen LogP contribution in [0.5, 0.6) is 0 Å². The fourth-order valence-corrected chi connectivity index (χ4v) is 3.87. The Morgan fingerprint density at radius 3 is 2.89 bits per heavy atom. The highest BCUT2D eigenvalue weighted by atomic mass is 19.1. The second kappa shape index (κ2) is 4.32. The van der Waals surface area contributed by atoms with E-state index in [9.17, 15) is 9.50 Å². The molecule has 18 heavy (non-hydrogen) atoms. The maximum Gasteiger partial charge on any atom is 0.127 e. The predicted molar refractivity (Wildman–Crippen MR) is 69.0 cm³/mol. The van der Waals surface area contributed by atoms with Crippen LogP contribution in [0.1, 0.15) is 31.2 Å². The number of aliphatic hydroxyl groups excluding tert-OH is 1. The first-order valence-corrected chi connectivity index (χ1v) is 6.78. The van der Waals surface area contributed by atoms with E-state index in [1.807, 2.05) is 12.1 Å². The molecule has 2 fully saturated rings. The highest BCUT2D eigenvalue weighted by Gasteiger charge is 2.51. The zero-order chi connectivity index (χ0) is 12.8. The number of hydrogen-bond donors (Lipinski definition) is 1. The van der Waals surface area contributed by atoms with Crippen LogP contribution in [0.3, 0.4) is 0 Å². The van der Waals surface area contributed by atoms with Crippen LogP contribution in [0.4, 0.5) is 4.39 Å². The molecule has 0 spiro atoms. The van der Waals surface area contributed by atoms with Gasteiger partial charge in [-0.25, -0.2) is 4.39 Å². The molecule has 3 atom stereocenters. The Hall–Kier alpha value is -0.930. The lowest BCUT2D eigenvalue weighted by Crippen LogP contribution is -2.61. The molecule has 1 aliphatic heterocycles. The van der Waals surface area contributed by atoms with Crippen molar-refractivity contribution in [3.63, 3.8) is 0 Å². The summed E-state index contributed by atoms with van der Waals surface area (Å²) in [5, 5.41) is 10.7. The number of nitrogens with zero attached hydrogens (tertiary/aromatic N) is 1. The van der Waals surface area contributed by atoms with Gasteiger partial charge in [0.2, 0.25) is 0 Å². The molecule has 1 aromatic carbocycles. The zero-order valence-corrected chi connectivity index (χ0v) is 10.8. The van der Waals surface area contributed by atoms with Crippen LogP contribution >= 0.6 is 0 Å². The van der Waals surface area contributed by atoms with Crippen molar-refractivity contribution in [2.75, 3.05) is 13.6 Å². The molecule has 1 N–H and O–H groups in total. The van der Waals surface area contributed by atoms with E-state index in [1.54, 1.807) is 6.07 Å². The van der Waals surface area contributed by atoms with Gasteiger partial charge in [-0.05, 0) is 44.5 Å². The maximum absolute atomic E-state index is 14.1. The molecule has 1 aromatic rings. The lowest BCUT2D eigenvalue weighted by Gasteiger charge is -2.53. The molecule has 0 radical (unpaired) electrons. The van der Waals surface area contributed by atoms with Crippen molar-refractivity contribution in [3.05, 3.63) is 35.6 Å². The minimum Gasteiger partial charge on any atom is -0.391 e. The summed E-state index contributed by atoms with van der Waals surface area (Å²) < 4.78 is 14.1. The Labute approximate surface area is 107 Å². The van der Waals surface area contributed by atoms with Gasteiger partial charge in [0.1, 0.15) is 5.82 Å². The van der Waals surface area contributed by atoms with Crippen LogP contribution < -0.4 is 0 Å². The summed E-state index contributed by atoms with van der Waals surface area (Å²) >= 11 is 0. The van der Waals surface area contributed by atoms with Crippen LogP contribution in [-0.4, -0.2) is 35.7 Å². The largest absolute Gasteiger partial charge is 0.391 e. The third kappa shape index (κ3) is 1.61. The van der Waals surface area contributed by atoms with Gasteiger partial charge in [0.25, 0.3) is 0 Å². The van der Waals surface area contributed by atoms with E-state index >= 15 is 0 Å². The summed E-state index contributed by atoms with van der Waals surface area (Å²) in [6, 6.07) is 7.15. The average molecular weight is 249 g/mol. The summed E-state index contributed by atoms with van der Waals surface area (Å²) in [5.74, 6) is -0.165. The van der Waals surface area contributed by atoms with E-state index < -0.39 is 6.10 Å². The van der Waals surface area contributed by atoms with E-state index in [2.05, 4.69) is 11.9 Å². The fourth-order valence-electron chi connectivity index (χ4n) is 3.87. The van der Waals surface area contributed by atoms with Gasteiger partial charge in [0.05, 0.1) is 6.10 Å². The summed E-state index contributed by atoms with van der Waals surface area (Å²) in [4.78, 5) is 2.23. The topological polar surface area (TPSA) is 23.5 Å². The van der Waals surface area contributed by atoms with Crippen molar-refractivity contribution in [1.29, 1.82) is 0 Å². The van der Waals surface area contributed by atoms with E-state index in [-0.39, 0.29) is 17.3 Å². The standard InChI is InChI=1S/C15H20FNO/c1-17-10-9-15(8-4-7-13(17)14(15)18)11-5-2-3-6-12(11)16/h2-3,5-6,13-14,18H,4,7-10H2,1H3/t13-,14+,15-/m1/s1. The molecule has 0 amide bonds. The van der Waals surface area contributed by atoms with Crippen molar-refractivity contribution < 1.29 is 9.50 Å². The second-order valence-electron chi connectivity index (χ2n) is 5.77.